The average Bonchev–Trinajstić information content (AvgIpc) is 3.36. The number of ether oxygens (including phenoxy) is 2. The summed E-state index contributed by atoms with van der Waals surface area (Å²) in [6.45, 7) is 7.74. The molecule has 180 valence electrons. The predicted molar refractivity (Wildman–Crippen MR) is 141 cm³/mol. The number of nitrogens with one attached hydrogen (secondary N) is 2. The number of aromatic nitrogens is 1. The minimum atomic E-state index is 0. The van der Waals surface area contributed by atoms with Crippen molar-refractivity contribution in [3.63, 3.8) is 0 Å². The Balaban J connectivity index is 0.00000385. The van der Waals surface area contributed by atoms with Crippen molar-refractivity contribution < 1.29 is 14.3 Å². The Labute approximate surface area is 213 Å². The fourth-order valence-electron chi connectivity index (χ4n) is 3.32. The summed E-state index contributed by atoms with van der Waals surface area (Å²) in [4.78, 5) is 23.2. The maximum Gasteiger partial charge on any atom is 0.241 e. The van der Waals surface area contributed by atoms with E-state index in [1.54, 1.807) is 6.20 Å². The van der Waals surface area contributed by atoms with E-state index in [1.165, 1.54) is 0 Å². The number of benzene rings is 1. The monoisotopic (exact) mass is 567 g/mol. The molecule has 2 N–H and O–H groups in total. The van der Waals surface area contributed by atoms with Gasteiger partial charge in [-0.2, -0.15) is 0 Å². The van der Waals surface area contributed by atoms with E-state index in [0.29, 0.717) is 37.3 Å². The van der Waals surface area contributed by atoms with Gasteiger partial charge in [-0.05, 0) is 56.5 Å². The molecule has 9 heteroatoms. The molecule has 1 saturated heterocycles. The zero-order valence-corrected chi connectivity index (χ0v) is 21.7. The number of aliphatic imine (C=N–C) groups is 1. The molecule has 1 aromatic carbocycles. The number of amides is 1. The van der Waals surface area contributed by atoms with E-state index in [2.05, 4.69) is 27.5 Å². The molecule has 0 unspecified atom stereocenters. The SMILES string of the molecule is CCCOc1ccc(Oc2ncccc2CN=C(NCC)NCC(=O)N2CCCC2)cc1.I. The Bertz CT molecular complexity index is 886. The molecule has 0 bridgehead atoms. The van der Waals surface area contributed by atoms with Crippen LogP contribution in [0, 0.1) is 0 Å². The summed E-state index contributed by atoms with van der Waals surface area (Å²) in [6, 6.07) is 11.3. The van der Waals surface area contributed by atoms with E-state index in [9.17, 15) is 4.79 Å². The first-order valence-corrected chi connectivity index (χ1v) is 11.3. The van der Waals surface area contributed by atoms with Gasteiger partial charge in [0, 0.05) is 31.4 Å². The second kappa shape index (κ2) is 14.6. The third-order valence-electron chi connectivity index (χ3n) is 4.98. The van der Waals surface area contributed by atoms with Crippen molar-refractivity contribution in [2.45, 2.75) is 39.7 Å². The standard InChI is InChI=1S/C24H33N5O3.HI/c1-3-16-31-20-9-11-21(12-10-20)32-23-19(8-7-13-26-23)17-27-24(25-4-2)28-18-22(30)29-14-5-6-15-29;/h7-13H,3-6,14-18H2,1-2H3,(H2,25,27,28);1H. The maximum absolute atomic E-state index is 12.3. The van der Waals surface area contributed by atoms with Gasteiger partial charge in [0.1, 0.15) is 11.5 Å². The molecular weight excluding hydrogens is 533 g/mol. The van der Waals surface area contributed by atoms with Gasteiger partial charge in [-0.3, -0.25) is 4.79 Å². The molecule has 0 saturated carbocycles. The van der Waals surface area contributed by atoms with Crippen LogP contribution in [0.15, 0.2) is 47.6 Å². The van der Waals surface area contributed by atoms with Crippen LogP contribution in [0.1, 0.15) is 38.7 Å². The molecule has 8 nitrogen and oxygen atoms in total. The van der Waals surface area contributed by atoms with Crippen LogP contribution >= 0.6 is 24.0 Å². The highest BCUT2D eigenvalue weighted by molar-refractivity contribution is 14.0. The summed E-state index contributed by atoms with van der Waals surface area (Å²) in [5.41, 5.74) is 0.849. The quantitative estimate of drug-likeness (QED) is 0.257. The third kappa shape index (κ3) is 8.71. The third-order valence-corrected chi connectivity index (χ3v) is 4.98. The topological polar surface area (TPSA) is 88.1 Å². The number of guanidine groups is 1. The molecule has 1 aliphatic rings. The molecule has 0 atom stereocenters. The van der Waals surface area contributed by atoms with Crippen LogP contribution in [-0.4, -0.2) is 54.5 Å². The molecular formula is C24H34IN5O3. The fraction of sp³-hybridized carbons (Fsp3) is 0.458. The van der Waals surface area contributed by atoms with Gasteiger partial charge in [0.2, 0.25) is 11.8 Å². The number of carbonyl (C=O) groups excluding carboxylic acids is 1. The van der Waals surface area contributed by atoms with Gasteiger partial charge in [-0.25, -0.2) is 9.98 Å². The van der Waals surface area contributed by atoms with Gasteiger partial charge in [-0.15, -0.1) is 24.0 Å². The van der Waals surface area contributed by atoms with E-state index >= 15 is 0 Å². The summed E-state index contributed by atoms with van der Waals surface area (Å²) in [6.07, 6.45) is 4.82. The van der Waals surface area contributed by atoms with Gasteiger partial charge >= 0.3 is 0 Å². The lowest BCUT2D eigenvalue weighted by molar-refractivity contribution is -0.128. The van der Waals surface area contributed by atoms with Gasteiger partial charge in [0.15, 0.2) is 5.96 Å². The number of nitrogens with zero attached hydrogens (tertiary/aromatic N) is 3. The molecule has 0 spiro atoms. The molecule has 0 aliphatic carbocycles. The lowest BCUT2D eigenvalue weighted by Crippen LogP contribution is -2.44. The highest BCUT2D eigenvalue weighted by atomic mass is 127. The lowest BCUT2D eigenvalue weighted by Gasteiger charge is -2.17. The number of halogens is 1. The Morgan fingerprint density at radius 2 is 1.82 bits per heavy atom. The number of pyridine rings is 1. The summed E-state index contributed by atoms with van der Waals surface area (Å²) >= 11 is 0. The number of hydrogen-bond acceptors (Lipinski definition) is 5. The van der Waals surface area contributed by atoms with Crippen molar-refractivity contribution in [1.29, 1.82) is 0 Å². The van der Waals surface area contributed by atoms with Gasteiger partial charge in [-0.1, -0.05) is 13.0 Å². The largest absolute Gasteiger partial charge is 0.494 e. The average molecular weight is 567 g/mol. The van der Waals surface area contributed by atoms with Crippen LogP contribution in [-0.2, 0) is 11.3 Å². The fourth-order valence-corrected chi connectivity index (χ4v) is 3.32. The van der Waals surface area contributed by atoms with Crippen molar-refractivity contribution in [1.82, 2.24) is 20.5 Å². The summed E-state index contributed by atoms with van der Waals surface area (Å²) in [7, 11) is 0. The van der Waals surface area contributed by atoms with E-state index in [-0.39, 0.29) is 36.4 Å². The van der Waals surface area contributed by atoms with Gasteiger partial charge < -0.3 is 25.0 Å². The number of rotatable bonds is 10. The summed E-state index contributed by atoms with van der Waals surface area (Å²) in [5, 5.41) is 6.32. The van der Waals surface area contributed by atoms with Crippen molar-refractivity contribution >= 4 is 35.8 Å². The Hall–Kier alpha value is -2.56. The Kier molecular flexibility index (Phi) is 11.8. The molecule has 2 heterocycles. The van der Waals surface area contributed by atoms with Crippen molar-refractivity contribution in [3.8, 4) is 17.4 Å². The highest BCUT2D eigenvalue weighted by Crippen LogP contribution is 2.25. The maximum atomic E-state index is 12.3. The minimum absolute atomic E-state index is 0. The van der Waals surface area contributed by atoms with Crippen LogP contribution in [0.2, 0.25) is 0 Å². The number of likely N-dealkylation sites (tertiary alicyclic amines) is 1. The molecule has 1 fully saturated rings. The first-order valence-electron chi connectivity index (χ1n) is 11.3. The van der Waals surface area contributed by atoms with Crippen LogP contribution in [0.25, 0.3) is 0 Å². The zero-order valence-electron chi connectivity index (χ0n) is 19.4. The van der Waals surface area contributed by atoms with Crippen LogP contribution in [0.4, 0.5) is 0 Å². The van der Waals surface area contributed by atoms with E-state index in [0.717, 1.165) is 43.7 Å². The predicted octanol–water partition coefficient (Wildman–Crippen LogP) is 3.96. The van der Waals surface area contributed by atoms with E-state index in [4.69, 9.17) is 9.47 Å². The van der Waals surface area contributed by atoms with Crippen molar-refractivity contribution in [3.05, 3.63) is 48.2 Å². The number of hydrogen-bond donors (Lipinski definition) is 2. The number of carbonyl (C=O) groups is 1. The van der Waals surface area contributed by atoms with Crippen molar-refractivity contribution in [2.75, 3.05) is 32.8 Å². The lowest BCUT2D eigenvalue weighted by atomic mass is 10.2. The zero-order chi connectivity index (χ0) is 22.6. The molecule has 2 aromatic rings. The highest BCUT2D eigenvalue weighted by Gasteiger charge is 2.17. The summed E-state index contributed by atoms with van der Waals surface area (Å²) in [5.74, 6) is 2.69. The molecule has 3 rings (SSSR count). The normalized spacial score (nSPS) is 13.3. The molecule has 1 aromatic heterocycles. The smallest absolute Gasteiger partial charge is 0.241 e. The second-order valence-corrected chi connectivity index (χ2v) is 7.53. The van der Waals surface area contributed by atoms with E-state index < -0.39 is 0 Å². The van der Waals surface area contributed by atoms with Crippen molar-refractivity contribution in [2.24, 2.45) is 4.99 Å². The molecule has 1 aliphatic heterocycles. The summed E-state index contributed by atoms with van der Waals surface area (Å²) < 4.78 is 11.6. The van der Waals surface area contributed by atoms with Crippen LogP contribution in [0.3, 0.4) is 0 Å². The van der Waals surface area contributed by atoms with Crippen LogP contribution < -0.4 is 20.1 Å². The first-order chi connectivity index (χ1) is 15.7. The second-order valence-electron chi connectivity index (χ2n) is 7.53. The minimum Gasteiger partial charge on any atom is -0.494 e. The Morgan fingerprint density at radius 3 is 2.52 bits per heavy atom. The Morgan fingerprint density at radius 1 is 1.09 bits per heavy atom. The molecule has 0 radical (unpaired) electrons. The van der Waals surface area contributed by atoms with E-state index in [1.807, 2.05) is 48.2 Å². The molecule has 33 heavy (non-hydrogen) atoms. The van der Waals surface area contributed by atoms with Gasteiger partial charge in [0.05, 0.1) is 19.7 Å². The molecule has 1 amide bonds. The van der Waals surface area contributed by atoms with Gasteiger partial charge in [0.25, 0.3) is 0 Å². The van der Waals surface area contributed by atoms with Crippen LogP contribution in [0.5, 0.6) is 17.4 Å². The first kappa shape index (κ1) is 26.7.